The van der Waals surface area contributed by atoms with E-state index in [0.717, 1.165) is 22.8 Å². The molecule has 4 aromatic rings. The van der Waals surface area contributed by atoms with Gasteiger partial charge in [0, 0.05) is 16.5 Å². The molecule has 0 aliphatic heterocycles. The molecule has 0 radical (unpaired) electrons. The lowest BCUT2D eigenvalue weighted by atomic mass is 10.1. The zero-order valence-electron chi connectivity index (χ0n) is 30.4. The number of benzene rings is 4. The summed E-state index contributed by atoms with van der Waals surface area (Å²) < 4.78 is 0. The Morgan fingerprint density at radius 1 is 0.391 bits per heavy atom. The number of rotatable bonds is 10. The SMILES string of the molecule is CC(C)[Si](c1ccccc1N=C1C(=Nc2ccccc2[Si](C(C)C)(C(C)C)C(C)C)c2cccc3cccc1c23)(C(C)C)C(C)C. The molecule has 0 atom stereocenters. The number of para-hydroxylation sites is 2. The van der Waals surface area contributed by atoms with Gasteiger partial charge in [0.2, 0.25) is 0 Å². The van der Waals surface area contributed by atoms with Crippen molar-refractivity contribution in [3.8, 4) is 0 Å². The minimum Gasteiger partial charge on any atom is -0.246 e. The Hall–Kier alpha value is -3.09. The van der Waals surface area contributed by atoms with Gasteiger partial charge in [-0.15, -0.1) is 0 Å². The molecular formula is C42H56N2Si2. The van der Waals surface area contributed by atoms with Gasteiger partial charge in [0.05, 0.1) is 38.9 Å². The van der Waals surface area contributed by atoms with Crippen molar-refractivity contribution in [2.45, 2.75) is 116 Å². The van der Waals surface area contributed by atoms with Gasteiger partial charge < -0.3 is 0 Å². The molecule has 4 heteroatoms. The Morgan fingerprint density at radius 3 is 1.04 bits per heavy atom. The van der Waals surface area contributed by atoms with Crippen molar-refractivity contribution >= 4 is 60.1 Å². The van der Waals surface area contributed by atoms with Crippen LogP contribution in [0, 0.1) is 0 Å². The highest BCUT2D eigenvalue weighted by molar-refractivity contribution is 6.96. The fourth-order valence-corrected chi connectivity index (χ4v) is 23.9. The van der Waals surface area contributed by atoms with Crippen LogP contribution in [0.1, 0.15) is 94.2 Å². The van der Waals surface area contributed by atoms with Crippen molar-refractivity contribution in [2.75, 3.05) is 0 Å². The van der Waals surface area contributed by atoms with Crippen LogP contribution in [0.15, 0.2) is 94.9 Å². The number of hydrogen-bond acceptors (Lipinski definition) is 2. The van der Waals surface area contributed by atoms with Crippen molar-refractivity contribution in [3.63, 3.8) is 0 Å². The van der Waals surface area contributed by atoms with E-state index in [0.29, 0.717) is 33.2 Å². The molecule has 1 aliphatic rings. The molecule has 0 unspecified atom stereocenters. The first kappa shape index (κ1) is 34.3. The second-order valence-corrected chi connectivity index (χ2v) is 27.2. The smallest absolute Gasteiger partial charge is 0.0978 e. The molecule has 0 N–H and O–H groups in total. The highest BCUT2D eigenvalue weighted by atomic mass is 28.3. The van der Waals surface area contributed by atoms with Crippen LogP contribution in [0.4, 0.5) is 11.4 Å². The molecule has 2 nitrogen and oxygen atoms in total. The largest absolute Gasteiger partial charge is 0.246 e. The van der Waals surface area contributed by atoms with Crippen LogP contribution < -0.4 is 10.4 Å². The maximum atomic E-state index is 5.72. The number of hydrogen-bond donors (Lipinski definition) is 0. The summed E-state index contributed by atoms with van der Waals surface area (Å²) in [5.41, 5.74) is 10.3. The van der Waals surface area contributed by atoms with Gasteiger partial charge in [-0.1, -0.05) is 156 Å². The minimum atomic E-state index is -1.97. The van der Waals surface area contributed by atoms with Crippen molar-refractivity contribution < 1.29 is 0 Å². The van der Waals surface area contributed by atoms with Gasteiger partial charge in [-0.25, -0.2) is 9.98 Å². The highest BCUT2D eigenvalue weighted by Gasteiger charge is 2.47. The predicted molar refractivity (Wildman–Crippen MR) is 211 cm³/mol. The molecule has 0 amide bonds. The Labute approximate surface area is 281 Å². The summed E-state index contributed by atoms with van der Waals surface area (Å²) in [5, 5.41) is 5.49. The monoisotopic (exact) mass is 644 g/mol. The van der Waals surface area contributed by atoms with Gasteiger partial charge in [-0.2, -0.15) is 0 Å². The molecule has 5 rings (SSSR count). The van der Waals surface area contributed by atoms with Crippen LogP contribution in [0.25, 0.3) is 10.8 Å². The molecule has 0 heterocycles. The van der Waals surface area contributed by atoms with Crippen molar-refractivity contribution in [1.82, 2.24) is 0 Å². The Kier molecular flexibility index (Phi) is 9.83. The van der Waals surface area contributed by atoms with Crippen LogP contribution in [-0.2, 0) is 0 Å². The fourth-order valence-electron chi connectivity index (χ4n) is 10.2. The quantitative estimate of drug-likeness (QED) is 0.153. The summed E-state index contributed by atoms with van der Waals surface area (Å²) in [6, 6.07) is 31.5. The van der Waals surface area contributed by atoms with E-state index in [9.17, 15) is 0 Å². The van der Waals surface area contributed by atoms with Gasteiger partial charge in [-0.3, -0.25) is 0 Å². The first-order valence-electron chi connectivity index (χ1n) is 17.7. The zero-order valence-corrected chi connectivity index (χ0v) is 32.4. The van der Waals surface area contributed by atoms with E-state index < -0.39 is 16.1 Å². The van der Waals surface area contributed by atoms with Crippen LogP contribution in [0.2, 0.25) is 33.2 Å². The molecule has 0 bridgehead atoms. The van der Waals surface area contributed by atoms with Gasteiger partial charge in [0.25, 0.3) is 0 Å². The van der Waals surface area contributed by atoms with E-state index in [-0.39, 0.29) is 0 Å². The van der Waals surface area contributed by atoms with E-state index in [1.54, 1.807) is 0 Å². The first-order chi connectivity index (χ1) is 21.8. The Morgan fingerprint density at radius 2 is 0.717 bits per heavy atom. The van der Waals surface area contributed by atoms with Crippen LogP contribution >= 0.6 is 0 Å². The third-order valence-corrected chi connectivity index (χ3v) is 25.8. The molecule has 0 saturated heterocycles. The van der Waals surface area contributed by atoms with E-state index in [4.69, 9.17) is 9.98 Å². The summed E-state index contributed by atoms with van der Waals surface area (Å²) in [6.07, 6.45) is 0. The summed E-state index contributed by atoms with van der Waals surface area (Å²) in [5.74, 6) is 0. The average Bonchev–Trinajstić information content (AvgIpc) is 3.28. The summed E-state index contributed by atoms with van der Waals surface area (Å²) >= 11 is 0. The molecule has 0 aromatic heterocycles. The van der Waals surface area contributed by atoms with Gasteiger partial charge in [-0.05, 0) is 61.1 Å². The van der Waals surface area contributed by atoms with Gasteiger partial charge in [0.15, 0.2) is 0 Å². The molecule has 0 spiro atoms. The lowest BCUT2D eigenvalue weighted by Crippen LogP contribution is -2.55. The second kappa shape index (κ2) is 13.2. The van der Waals surface area contributed by atoms with Crippen molar-refractivity contribution in [3.05, 3.63) is 96.1 Å². The van der Waals surface area contributed by atoms with Crippen molar-refractivity contribution in [2.24, 2.45) is 9.98 Å². The van der Waals surface area contributed by atoms with E-state index in [1.165, 1.54) is 32.3 Å². The lowest BCUT2D eigenvalue weighted by Gasteiger charge is -2.44. The fraction of sp³-hybridized carbons (Fsp3) is 0.429. The summed E-state index contributed by atoms with van der Waals surface area (Å²) in [7, 11) is -3.94. The predicted octanol–water partition coefficient (Wildman–Crippen LogP) is 11.9. The van der Waals surface area contributed by atoms with E-state index >= 15 is 0 Å². The standard InChI is InChI=1S/C42H56N2Si2/c1-27(2)45(28(3)4,29(5)6)38-25-15-13-23-36(38)43-41-34-21-17-19-33-20-18-22-35(40(33)34)42(41)44-37-24-14-16-26-39(37)46(30(7)8,31(9)10)32(11)12/h13-32H,1-12H3. The molecular weight excluding hydrogens is 589 g/mol. The molecule has 4 aromatic carbocycles. The third kappa shape index (κ3) is 5.30. The summed E-state index contributed by atoms with van der Waals surface area (Å²) in [6.45, 7) is 29.3. The Bertz CT molecular complexity index is 1600. The van der Waals surface area contributed by atoms with Crippen molar-refractivity contribution in [1.29, 1.82) is 0 Å². The van der Waals surface area contributed by atoms with Gasteiger partial charge in [0.1, 0.15) is 0 Å². The van der Waals surface area contributed by atoms with Crippen LogP contribution in [0.5, 0.6) is 0 Å². The third-order valence-electron chi connectivity index (χ3n) is 11.6. The zero-order chi connectivity index (χ0) is 33.6. The van der Waals surface area contributed by atoms with Gasteiger partial charge >= 0.3 is 0 Å². The van der Waals surface area contributed by atoms with E-state index in [2.05, 4.69) is 168 Å². The topological polar surface area (TPSA) is 24.7 Å². The minimum absolute atomic E-state index is 0.597. The number of nitrogens with zero attached hydrogens (tertiary/aromatic N) is 2. The van der Waals surface area contributed by atoms with Crippen LogP contribution in [-0.4, -0.2) is 27.6 Å². The molecule has 0 fully saturated rings. The highest BCUT2D eigenvalue weighted by Crippen LogP contribution is 2.45. The maximum Gasteiger partial charge on any atom is 0.0978 e. The first-order valence-corrected chi connectivity index (χ1v) is 22.2. The molecule has 46 heavy (non-hydrogen) atoms. The molecule has 1 aliphatic carbocycles. The molecule has 242 valence electrons. The number of aliphatic imine (C=N–C) groups is 2. The lowest BCUT2D eigenvalue weighted by molar-refractivity contribution is 0.835. The maximum absolute atomic E-state index is 5.72. The van der Waals surface area contributed by atoms with E-state index in [1.807, 2.05) is 0 Å². The Balaban J connectivity index is 1.85. The molecule has 0 saturated carbocycles. The second-order valence-electron chi connectivity index (χ2n) is 15.5. The normalized spacial score (nSPS) is 15.8. The average molecular weight is 645 g/mol. The summed E-state index contributed by atoms with van der Waals surface area (Å²) in [4.78, 5) is 11.4. The van der Waals surface area contributed by atoms with Crippen LogP contribution in [0.3, 0.4) is 0 Å².